The summed E-state index contributed by atoms with van der Waals surface area (Å²) in [6.45, 7) is 8.95. The van der Waals surface area contributed by atoms with Crippen molar-refractivity contribution < 1.29 is 19.1 Å². The number of carbonyl (C=O) groups is 2. The Balaban J connectivity index is 1.09. The lowest BCUT2D eigenvalue weighted by molar-refractivity contribution is -0.0704. The molecule has 0 bridgehead atoms. The van der Waals surface area contributed by atoms with Crippen LogP contribution in [0.1, 0.15) is 63.0 Å². The zero-order valence-corrected chi connectivity index (χ0v) is 22.7. The number of imidazole rings is 1. The summed E-state index contributed by atoms with van der Waals surface area (Å²) in [4.78, 5) is 42.7. The van der Waals surface area contributed by atoms with Gasteiger partial charge in [0, 0.05) is 25.2 Å². The second-order valence-electron chi connectivity index (χ2n) is 11.8. The standard InChI is InChI=1S/C28H35N7O4/c1-27(2,3)39-26(37)33-15-28(16-33)12-7-13-34(28)14-20-10-11-21(38-20)35-18-31-22-23(29-17-30-24(22)35)32-25(36)19-8-5-4-6-9-19/h4-6,8-9,17-18,20-21H,7,10-16H2,1-3H3,(H,29,30,32,36). The number of aromatic nitrogens is 4. The van der Waals surface area contributed by atoms with Gasteiger partial charge in [-0.3, -0.25) is 14.3 Å². The summed E-state index contributed by atoms with van der Waals surface area (Å²) in [5.41, 5.74) is 1.25. The largest absolute Gasteiger partial charge is 0.444 e. The first-order chi connectivity index (χ1) is 18.7. The van der Waals surface area contributed by atoms with Gasteiger partial charge in [0.05, 0.1) is 18.0 Å². The quantitative estimate of drug-likeness (QED) is 0.526. The van der Waals surface area contributed by atoms with E-state index in [0.717, 1.165) is 38.8 Å². The highest BCUT2D eigenvalue weighted by atomic mass is 16.6. The van der Waals surface area contributed by atoms with Gasteiger partial charge in [0.1, 0.15) is 18.2 Å². The molecular formula is C28H35N7O4. The van der Waals surface area contributed by atoms with E-state index in [2.05, 4.69) is 25.2 Å². The molecule has 3 aliphatic heterocycles. The minimum atomic E-state index is -0.488. The van der Waals surface area contributed by atoms with Gasteiger partial charge in [-0.2, -0.15) is 0 Å². The van der Waals surface area contributed by atoms with Gasteiger partial charge in [0.25, 0.3) is 5.91 Å². The molecule has 206 valence electrons. The SMILES string of the molecule is CC(C)(C)OC(=O)N1CC2(CCCN2CC2CCC(n3cnc4c(NC(=O)c5ccccc5)ncnc43)O2)C1. The number of hydrogen-bond acceptors (Lipinski definition) is 8. The van der Waals surface area contributed by atoms with Crippen molar-refractivity contribution in [2.45, 2.75) is 69.9 Å². The van der Waals surface area contributed by atoms with E-state index in [1.54, 1.807) is 18.5 Å². The Hall–Kier alpha value is -3.57. The van der Waals surface area contributed by atoms with Gasteiger partial charge in [0.15, 0.2) is 17.0 Å². The van der Waals surface area contributed by atoms with Crippen LogP contribution < -0.4 is 5.32 Å². The van der Waals surface area contributed by atoms with Crippen molar-refractivity contribution in [3.05, 3.63) is 48.5 Å². The number of fused-ring (bicyclic) bond motifs is 1. The summed E-state index contributed by atoms with van der Waals surface area (Å²) < 4.78 is 14.0. The molecule has 2 unspecified atom stereocenters. The Kier molecular flexibility index (Phi) is 6.50. The molecule has 1 aromatic carbocycles. The lowest BCUT2D eigenvalue weighted by Crippen LogP contribution is -2.69. The molecular weight excluding hydrogens is 498 g/mol. The number of anilines is 1. The molecule has 3 saturated heterocycles. The van der Waals surface area contributed by atoms with Gasteiger partial charge in [-0.15, -0.1) is 0 Å². The number of benzene rings is 1. The Labute approximate surface area is 227 Å². The lowest BCUT2D eigenvalue weighted by atomic mass is 9.87. The summed E-state index contributed by atoms with van der Waals surface area (Å²) in [6.07, 6.45) is 6.79. The van der Waals surface area contributed by atoms with Crippen molar-refractivity contribution >= 4 is 29.0 Å². The van der Waals surface area contributed by atoms with Gasteiger partial charge < -0.3 is 19.7 Å². The molecule has 2 amide bonds. The Morgan fingerprint density at radius 2 is 1.92 bits per heavy atom. The molecule has 3 fully saturated rings. The first kappa shape index (κ1) is 25.7. The molecule has 0 aliphatic carbocycles. The molecule has 1 N–H and O–H groups in total. The molecule has 1 spiro atoms. The number of ether oxygens (including phenoxy) is 2. The molecule has 3 aromatic rings. The first-order valence-electron chi connectivity index (χ1n) is 13.6. The molecule has 11 heteroatoms. The average molecular weight is 534 g/mol. The number of amides is 2. The van der Waals surface area contributed by atoms with Crippen LogP contribution in [-0.4, -0.2) is 84.7 Å². The Bertz CT molecular complexity index is 1360. The fourth-order valence-corrected chi connectivity index (χ4v) is 5.95. The highest BCUT2D eigenvalue weighted by molar-refractivity contribution is 6.06. The topological polar surface area (TPSA) is 115 Å². The van der Waals surface area contributed by atoms with Gasteiger partial charge in [-0.1, -0.05) is 18.2 Å². The number of rotatable bonds is 5. The minimum Gasteiger partial charge on any atom is -0.444 e. The second kappa shape index (κ2) is 9.87. The lowest BCUT2D eigenvalue weighted by Gasteiger charge is -2.53. The molecule has 39 heavy (non-hydrogen) atoms. The van der Waals surface area contributed by atoms with Crippen molar-refractivity contribution in [2.24, 2.45) is 0 Å². The van der Waals surface area contributed by atoms with Crippen LogP contribution in [0.15, 0.2) is 43.0 Å². The van der Waals surface area contributed by atoms with E-state index in [-0.39, 0.29) is 29.9 Å². The number of nitrogens with zero attached hydrogens (tertiary/aromatic N) is 6. The smallest absolute Gasteiger partial charge is 0.410 e. The summed E-state index contributed by atoms with van der Waals surface area (Å²) in [5.74, 6) is 0.129. The zero-order chi connectivity index (χ0) is 27.2. The predicted octanol–water partition coefficient (Wildman–Crippen LogP) is 3.84. The summed E-state index contributed by atoms with van der Waals surface area (Å²) in [5, 5.41) is 2.86. The fourth-order valence-electron chi connectivity index (χ4n) is 5.95. The van der Waals surface area contributed by atoms with Gasteiger partial charge in [-0.25, -0.2) is 19.7 Å². The summed E-state index contributed by atoms with van der Waals surface area (Å²) in [7, 11) is 0. The number of hydrogen-bond donors (Lipinski definition) is 1. The molecule has 2 aromatic heterocycles. The average Bonchev–Trinajstić information content (AvgIpc) is 3.61. The summed E-state index contributed by atoms with van der Waals surface area (Å²) >= 11 is 0. The van der Waals surface area contributed by atoms with E-state index < -0.39 is 5.60 Å². The Morgan fingerprint density at radius 1 is 1.13 bits per heavy atom. The molecule has 11 nitrogen and oxygen atoms in total. The third-order valence-electron chi connectivity index (χ3n) is 7.81. The molecule has 0 saturated carbocycles. The third-order valence-corrected chi connectivity index (χ3v) is 7.81. The molecule has 6 rings (SSSR count). The molecule has 5 heterocycles. The van der Waals surface area contributed by atoms with Crippen LogP contribution in [0.3, 0.4) is 0 Å². The van der Waals surface area contributed by atoms with E-state index in [1.807, 2.05) is 48.4 Å². The maximum absolute atomic E-state index is 12.7. The van der Waals surface area contributed by atoms with Crippen LogP contribution in [0, 0.1) is 0 Å². The number of carbonyl (C=O) groups excluding carboxylic acids is 2. The van der Waals surface area contributed by atoms with Crippen LogP contribution >= 0.6 is 0 Å². The second-order valence-corrected chi connectivity index (χ2v) is 11.8. The Morgan fingerprint density at radius 3 is 2.69 bits per heavy atom. The van der Waals surface area contributed by atoms with E-state index in [9.17, 15) is 9.59 Å². The van der Waals surface area contributed by atoms with Crippen molar-refractivity contribution in [2.75, 3.05) is 31.5 Å². The van der Waals surface area contributed by atoms with Crippen LogP contribution in [0.25, 0.3) is 11.2 Å². The van der Waals surface area contributed by atoms with Crippen LogP contribution in [0.5, 0.6) is 0 Å². The molecule has 2 atom stereocenters. The van der Waals surface area contributed by atoms with Crippen LogP contribution in [-0.2, 0) is 9.47 Å². The number of nitrogens with one attached hydrogen (secondary N) is 1. The third kappa shape index (κ3) is 5.08. The summed E-state index contributed by atoms with van der Waals surface area (Å²) in [6, 6.07) is 9.01. The van der Waals surface area contributed by atoms with E-state index in [1.165, 1.54) is 6.33 Å². The van der Waals surface area contributed by atoms with E-state index in [4.69, 9.17) is 9.47 Å². The zero-order valence-electron chi connectivity index (χ0n) is 22.7. The first-order valence-corrected chi connectivity index (χ1v) is 13.6. The maximum Gasteiger partial charge on any atom is 0.410 e. The minimum absolute atomic E-state index is 0.0269. The molecule has 3 aliphatic rings. The molecule has 0 radical (unpaired) electrons. The fraction of sp³-hybridized carbons (Fsp3) is 0.536. The van der Waals surface area contributed by atoms with Crippen molar-refractivity contribution in [3.63, 3.8) is 0 Å². The van der Waals surface area contributed by atoms with Gasteiger partial charge in [-0.05, 0) is 65.1 Å². The normalized spacial score (nSPS) is 22.8. The van der Waals surface area contributed by atoms with Crippen LogP contribution in [0.4, 0.5) is 10.6 Å². The van der Waals surface area contributed by atoms with Crippen molar-refractivity contribution in [1.82, 2.24) is 29.3 Å². The highest BCUT2D eigenvalue weighted by Crippen LogP contribution is 2.40. The highest BCUT2D eigenvalue weighted by Gasteiger charge is 2.53. The predicted molar refractivity (Wildman–Crippen MR) is 144 cm³/mol. The van der Waals surface area contributed by atoms with Crippen LogP contribution in [0.2, 0.25) is 0 Å². The maximum atomic E-state index is 12.7. The van der Waals surface area contributed by atoms with E-state index >= 15 is 0 Å². The van der Waals surface area contributed by atoms with Crippen molar-refractivity contribution in [1.29, 1.82) is 0 Å². The monoisotopic (exact) mass is 533 g/mol. The number of likely N-dealkylation sites (tertiary alicyclic amines) is 2. The van der Waals surface area contributed by atoms with E-state index in [0.29, 0.717) is 35.6 Å². The van der Waals surface area contributed by atoms with Crippen molar-refractivity contribution in [3.8, 4) is 0 Å². The van der Waals surface area contributed by atoms with Gasteiger partial charge in [0.2, 0.25) is 0 Å². The van der Waals surface area contributed by atoms with Gasteiger partial charge >= 0.3 is 6.09 Å².